The molecular weight excluding hydrogens is 284 g/mol. The normalized spacial score (nSPS) is 16.4. The summed E-state index contributed by atoms with van der Waals surface area (Å²) < 4.78 is 5.22. The Morgan fingerprint density at radius 2 is 1.43 bits per heavy atom. The second-order valence-electron chi connectivity index (χ2n) is 6.33. The summed E-state index contributed by atoms with van der Waals surface area (Å²) in [6, 6.07) is 17.1. The maximum absolute atomic E-state index is 5.22. The third-order valence-electron chi connectivity index (χ3n) is 4.69. The van der Waals surface area contributed by atoms with Gasteiger partial charge in [-0.3, -0.25) is 9.80 Å². The van der Waals surface area contributed by atoms with Gasteiger partial charge >= 0.3 is 0 Å². The number of hydrogen-bond acceptors (Lipinski definition) is 3. The largest absolute Gasteiger partial charge is 0.497 e. The molecule has 0 amide bonds. The number of benzene rings is 2. The minimum atomic E-state index is 0.928. The maximum Gasteiger partial charge on any atom is 0.118 e. The Morgan fingerprint density at radius 1 is 0.826 bits per heavy atom. The summed E-state index contributed by atoms with van der Waals surface area (Å²) in [5.41, 5.74) is 4.21. The summed E-state index contributed by atoms with van der Waals surface area (Å²) >= 11 is 0. The third-order valence-corrected chi connectivity index (χ3v) is 4.69. The van der Waals surface area contributed by atoms with Gasteiger partial charge in [0.2, 0.25) is 0 Å². The highest BCUT2D eigenvalue weighted by Crippen LogP contribution is 2.16. The number of ether oxygens (including phenoxy) is 1. The zero-order chi connectivity index (χ0) is 16.1. The first-order valence-electron chi connectivity index (χ1n) is 8.37. The molecule has 1 heterocycles. The monoisotopic (exact) mass is 310 g/mol. The third kappa shape index (κ3) is 4.34. The lowest BCUT2D eigenvalue weighted by Gasteiger charge is -2.35. The highest BCUT2D eigenvalue weighted by atomic mass is 16.5. The van der Waals surface area contributed by atoms with Crippen LogP contribution < -0.4 is 4.74 Å². The van der Waals surface area contributed by atoms with Crippen LogP contribution in [0.2, 0.25) is 0 Å². The van der Waals surface area contributed by atoms with Gasteiger partial charge in [0.25, 0.3) is 0 Å². The second kappa shape index (κ2) is 7.62. The van der Waals surface area contributed by atoms with Crippen LogP contribution in [0.4, 0.5) is 0 Å². The van der Waals surface area contributed by atoms with Crippen molar-refractivity contribution in [1.29, 1.82) is 0 Å². The zero-order valence-corrected chi connectivity index (χ0v) is 14.2. The van der Waals surface area contributed by atoms with Gasteiger partial charge in [-0.1, -0.05) is 36.4 Å². The highest BCUT2D eigenvalue weighted by Gasteiger charge is 2.17. The quantitative estimate of drug-likeness (QED) is 0.842. The molecule has 3 rings (SSSR count). The van der Waals surface area contributed by atoms with Gasteiger partial charge in [-0.05, 0) is 35.7 Å². The van der Waals surface area contributed by atoms with Crippen LogP contribution >= 0.6 is 0 Å². The van der Waals surface area contributed by atoms with Crippen molar-refractivity contribution in [1.82, 2.24) is 9.80 Å². The molecule has 0 aromatic heterocycles. The summed E-state index contributed by atoms with van der Waals surface area (Å²) in [5, 5.41) is 0. The first-order valence-corrected chi connectivity index (χ1v) is 8.37. The van der Waals surface area contributed by atoms with Crippen molar-refractivity contribution >= 4 is 0 Å². The van der Waals surface area contributed by atoms with Crippen LogP contribution in [0.1, 0.15) is 16.7 Å². The minimum absolute atomic E-state index is 0.928. The van der Waals surface area contributed by atoms with Gasteiger partial charge in [0.05, 0.1) is 7.11 Å². The van der Waals surface area contributed by atoms with Gasteiger partial charge in [0, 0.05) is 39.3 Å². The van der Waals surface area contributed by atoms with Gasteiger partial charge in [0.1, 0.15) is 5.75 Å². The Kier molecular flexibility index (Phi) is 5.31. The lowest BCUT2D eigenvalue weighted by Crippen LogP contribution is -2.45. The molecule has 0 radical (unpaired) electrons. The lowest BCUT2D eigenvalue weighted by molar-refractivity contribution is 0.122. The van der Waals surface area contributed by atoms with E-state index in [1.165, 1.54) is 16.7 Å². The molecule has 1 fully saturated rings. The van der Waals surface area contributed by atoms with Crippen molar-refractivity contribution in [3.63, 3.8) is 0 Å². The number of nitrogens with zero attached hydrogens (tertiary/aromatic N) is 2. The molecule has 0 N–H and O–H groups in total. The van der Waals surface area contributed by atoms with E-state index in [0.29, 0.717) is 0 Å². The summed E-state index contributed by atoms with van der Waals surface area (Å²) in [4.78, 5) is 5.10. The Labute approximate surface area is 139 Å². The standard InChI is InChI=1S/C20H26N2O/c1-17-5-3-4-6-19(17)16-22-13-11-21(12-14-22)15-18-7-9-20(23-2)10-8-18/h3-10H,11-16H2,1-2H3. The SMILES string of the molecule is COc1ccc(CN2CCN(Cc3ccccc3C)CC2)cc1. The van der Waals surface area contributed by atoms with Crippen LogP contribution in [0.3, 0.4) is 0 Å². The van der Waals surface area contributed by atoms with E-state index >= 15 is 0 Å². The number of methoxy groups -OCH3 is 1. The van der Waals surface area contributed by atoms with Crippen LogP contribution in [0.25, 0.3) is 0 Å². The number of aryl methyl sites for hydroxylation is 1. The van der Waals surface area contributed by atoms with Crippen molar-refractivity contribution in [3.05, 3.63) is 65.2 Å². The van der Waals surface area contributed by atoms with Crippen molar-refractivity contribution in [2.75, 3.05) is 33.3 Å². The van der Waals surface area contributed by atoms with E-state index in [1.54, 1.807) is 7.11 Å². The number of hydrogen-bond donors (Lipinski definition) is 0. The fourth-order valence-corrected chi connectivity index (χ4v) is 3.12. The Bertz CT molecular complexity index is 616. The summed E-state index contributed by atoms with van der Waals surface area (Å²) in [6.45, 7) is 8.87. The predicted molar refractivity (Wildman–Crippen MR) is 94.7 cm³/mol. The molecule has 1 aliphatic heterocycles. The molecule has 0 atom stereocenters. The molecule has 2 aromatic rings. The van der Waals surface area contributed by atoms with E-state index in [0.717, 1.165) is 45.0 Å². The smallest absolute Gasteiger partial charge is 0.118 e. The second-order valence-corrected chi connectivity index (χ2v) is 6.33. The fourth-order valence-electron chi connectivity index (χ4n) is 3.12. The van der Waals surface area contributed by atoms with Gasteiger partial charge in [-0.2, -0.15) is 0 Å². The van der Waals surface area contributed by atoms with E-state index in [-0.39, 0.29) is 0 Å². The number of piperazine rings is 1. The molecule has 3 heteroatoms. The van der Waals surface area contributed by atoms with Crippen LogP contribution in [-0.2, 0) is 13.1 Å². The molecule has 1 saturated heterocycles. The number of rotatable bonds is 5. The van der Waals surface area contributed by atoms with Crippen LogP contribution in [0.15, 0.2) is 48.5 Å². The maximum atomic E-state index is 5.22. The Balaban J connectivity index is 1.49. The topological polar surface area (TPSA) is 15.7 Å². The summed E-state index contributed by atoms with van der Waals surface area (Å²) in [6.07, 6.45) is 0. The van der Waals surface area contributed by atoms with Crippen LogP contribution in [0, 0.1) is 6.92 Å². The van der Waals surface area contributed by atoms with E-state index in [1.807, 2.05) is 12.1 Å². The zero-order valence-electron chi connectivity index (χ0n) is 14.2. The van der Waals surface area contributed by atoms with E-state index in [4.69, 9.17) is 4.74 Å². The fraction of sp³-hybridized carbons (Fsp3) is 0.400. The van der Waals surface area contributed by atoms with Crippen molar-refractivity contribution in [2.24, 2.45) is 0 Å². The summed E-state index contributed by atoms with van der Waals surface area (Å²) in [5.74, 6) is 0.928. The Morgan fingerprint density at radius 3 is 2.04 bits per heavy atom. The van der Waals surface area contributed by atoms with Gasteiger partial charge in [-0.15, -0.1) is 0 Å². The first-order chi connectivity index (χ1) is 11.2. The van der Waals surface area contributed by atoms with Crippen molar-refractivity contribution in [3.8, 4) is 5.75 Å². The molecule has 23 heavy (non-hydrogen) atoms. The minimum Gasteiger partial charge on any atom is -0.497 e. The first kappa shape index (κ1) is 16.0. The molecule has 0 aliphatic carbocycles. The molecule has 0 saturated carbocycles. The molecule has 1 aliphatic rings. The van der Waals surface area contributed by atoms with Gasteiger partial charge in [-0.25, -0.2) is 0 Å². The van der Waals surface area contributed by atoms with Crippen LogP contribution in [0.5, 0.6) is 5.75 Å². The predicted octanol–water partition coefficient (Wildman–Crippen LogP) is 3.32. The lowest BCUT2D eigenvalue weighted by atomic mass is 10.1. The van der Waals surface area contributed by atoms with E-state index in [9.17, 15) is 0 Å². The van der Waals surface area contributed by atoms with Crippen LogP contribution in [-0.4, -0.2) is 43.1 Å². The average Bonchev–Trinajstić information content (AvgIpc) is 2.59. The van der Waals surface area contributed by atoms with Gasteiger partial charge in [0.15, 0.2) is 0 Å². The molecule has 0 unspecified atom stereocenters. The highest BCUT2D eigenvalue weighted by molar-refractivity contribution is 5.27. The average molecular weight is 310 g/mol. The molecule has 122 valence electrons. The molecule has 3 nitrogen and oxygen atoms in total. The van der Waals surface area contributed by atoms with Gasteiger partial charge < -0.3 is 4.74 Å². The Hall–Kier alpha value is -1.84. The summed E-state index contributed by atoms with van der Waals surface area (Å²) in [7, 11) is 1.71. The molecule has 0 bridgehead atoms. The van der Waals surface area contributed by atoms with E-state index in [2.05, 4.69) is 53.1 Å². The molecule has 2 aromatic carbocycles. The van der Waals surface area contributed by atoms with Crippen molar-refractivity contribution < 1.29 is 4.74 Å². The molecular formula is C20H26N2O. The molecule has 0 spiro atoms. The van der Waals surface area contributed by atoms with E-state index < -0.39 is 0 Å². The van der Waals surface area contributed by atoms with Crippen molar-refractivity contribution in [2.45, 2.75) is 20.0 Å².